The number of Topliss-reactive ketones (excluding diaryl/α,β-unsaturated/α-hetero) is 1. The topological polar surface area (TPSA) is 72.2 Å². The van der Waals surface area contributed by atoms with Crippen molar-refractivity contribution in [3.63, 3.8) is 0 Å². The number of carbonyl (C=O) groups is 1. The Balaban J connectivity index is 2.63. The number of anilines is 2. The molecule has 0 spiro atoms. The molecule has 0 heterocycles. The third kappa shape index (κ3) is 4.19. The van der Waals surface area contributed by atoms with E-state index in [-0.39, 0.29) is 5.78 Å². The maximum atomic E-state index is 11.3. The molecule has 0 saturated heterocycles. The minimum atomic E-state index is -0.773. The maximum Gasteiger partial charge on any atom is 0.161 e. The molecule has 0 aliphatic heterocycles. The second-order valence-electron chi connectivity index (χ2n) is 3.72. The predicted octanol–water partition coefficient (Wildman–Crippen LogP) is 1.65. The van der Waals surface area contributed by atoms with E-state index < -0.39 is 10.8 Å². The van der Waals surface area contributed by atoms with Crippen molar-refractivity contribution in [3.05, 3.63) is 23.8 Å². The number of carbonyl (C=O) groups excluding carboxylic acids is 1. The van der Waals surface area contributed by atoms with Crippen molar-refractivity contribution in [2.24, 2.45) is 0 Å². The molecule has 0 amide bonds. The zero-order chi connectivity index (χ0) is 12.8. The van der Waals surface area contributed by atoms with Crippen LogP contribution < -0.4 is 11.1 Å². The van der Waals surface area contributed by atoms with Crippen molar-refractivity contribution in [1.82, 2.24) is 0 Å². The fourth-order valence-corrected chi connectivity index (χ4v) is 2.04. The molecule has 0 radical (unpaired) electrons. The molecule has 1 aromatic carbocycles. The van der Waals surface area contributed by atoms with E-state index in [1.807, 2.05) is 13.0 Å². The Kier molecular flexibility index (Phi) is 5.15. The van der Waals surface area contributed by atoms with Gasteiger partial charge in [0, 0.05) is 45.8 Å². The van der Waals surface area contributed by atoms with Gasteiger partial charge in [0.2, 0.25) is 0 Å². The molecule has 0 aliphatic carbocycles. The summed E-state index contributed by atoms with van der Waals surface area (Å²) >= 11 is 0. The first kappa shape index (κ1) is 13.7. The summed E-state index contributed by atoms with van der Waals surface area (Å²) in [5.74, 6) is 1.22. The van der Waals surface area contributed by atoms with Gasteiger partial charge in [0.05, 0.1) is 0 Å². The Labute approximate surface area is 104 Å². The molecule has 1 aromatic rings. The van der Waals surface area contributed by atoms with E-state index in [4.69, 9.17) is 5.73 Å². The van der Waals surface area contributed by atoms with Crippen LogP contribution in [0, 0.1) is 0 Å². The van der Waals surface area contributed by atoms with Crippen molar-refractivity contribution >= 4 is 28.0 Å². The molecule has 5 heteroatoms. The van der Waals surface area contributed by atoms with Crippen LogP contribution in [-0.4, -0.2) is 28.0 Å². The van der Waals surface area contributed by atoms with E-state index in [1.165, 1.54) is 6.92 Å². The Bertz CT molecular complexity index is 433. The van der Waals surface area contributed by atoms with Crippen molar-refractivity contribution in [2.75, 3.05) is 29.1 Å². The van der Waals surface area contributed by atoms with Crippen molar-refractivity contribution < 1.29 is 9.00 Å². The first-order chi connectivity index (χ1) is 8.04. The van der Waals surface area contributed by atoms with E-state index in [0.29, 0.717) is 29.3 Å². The number of hydrogen-bond acceptors (Lipinski definition) is 4. The summed E-state index contributed by atoms with van der Waals surface area (Å²) in [7, 11) is -0.773. The lowest BCUT2D eigenvalue weighted by Gasteiger charge is -2.08. The predicted molar refractivity (Wildman–Crippen MR) is 72.9 cm³/mol. The molecular weight excluding hydrogens is 236 g/mol. The normalized spacial score (nSPS) is 12.1. The number of nitrogens with one attached hydrogen (secondary N) is 1. The van der Waals surface area contributed by atoms with Crippen LogP contribution in [0.25, 0.3) is 0 Å². The van der Waals surface area contributed by atoms with E-state index in [2.05, 4.69) is 5.32 Å². The molecular formula is C12H18N2O2S. The smallest absolute Gasteiger partial charge is 0.161 e. The molecule has 3 N–H and O–H groups in total. The Hall–Kier alpha value is -1.36. The lowest BCUT2D eigenvalue weighted by atomic mass is 10.1. The van der Waals surface area contributed by atoms with Gasteiger partial charge in [-0.05, 0) is 25.1 Å². The number of benzene rings is 1. The third-order valence-electron chi connectivity index (χ3n) is 2.41. The first-order valence-electron chi connectivity index (χ1n) is 5.54. The second-order valence-corrected chi connectivity index (χ2v) is 5.58. The van der Waals surface area contributed by atoms with Gasteiger partial charge < -0.3 is 11.1 Å². The van der Waals surface area contributed by atoms with Crippen LogP contribution in [0.5, 0.6) is 0 Å². The first-order valence-corrected chi connectivity index (χ1v) is 7.02. The molecule has 0 aliphatic rings. The SMILES string of the molecule is CCS(=O)CCNc1ccc(N)c(C(C)=O)c1. The van der Waals surface area contributed by atoms with Crippen molar-refractivity contribution in [1.29, 1.82) is 0 Å². The molecule has 17 heavy (non-hydrogen) atoms. The molecule has 1 atom stereocenters. The standard InChI is InChI=1S/C12H18N2O2S/c1-3-17(16)7-6-14-10-4-5-12(13)11(8-10)9(2)15/h4-5,8,14H,3,6-7,13H2,1-2H3. The highest BCUT2D eigenvalue weighted by Crippen LogP contribution is 2.18. The summed E-state index contributed by atoms with van der Waals surface area (Å²) in [6, 6.07) is 5.25. The summed E-state index contributed by atoms with van der Waals surface area (Å²) in [5, 5.41) is 3.13. The van der Waals surface area contributed by atoms with E-state index in [9.17, 15) is 9.00 Å². The molecule has 94 valence electrons. The molecule has 4 nitrogen and oxygen atoms in total. The van der Waals surface area contributed by atoms with Gasteiger partial charge in [0.15, 0.2) is 5.78 Å². The van der Waals surface area contributed by atoms with Gasteiger partial charge in [0.25, 0.3) is 0 Å². The molecule has 1 unspecified atom stereocenters. The zero-order valence-electron chi connectivity index (χ0n) is 10.2. The van der Waals surface area contributed by atoms with Crippen molar-refractivity contribution in [2.45, 2.75) is 13.8 Å². The summed E-state index contributed by atoms with van der Waals surface area (Å²) in [4.78, 5) is 11.3. The molecule has 1 rings (SSSR count). The van der Waals surface area contributed by atoms with E-state index in [1.54, 1.807) is 12.1 Å². The number of hydrogen-bond donors (Lipinski definition) is 2. The quantitative estimate of drug-likeness (QED) is 0.598. The molecule has 0 aromatic heterocycles. The number of nitrogens with two attached hydrogens (primary N) is 1. The van der Waals surface area contributed by atoms with Crippen LogP contribution in [0.15, 0.2) is 18.2 Å². The van der Waals surface area contributed by atoms with E-state index >= 15 is 0 Å². The highest BCUT2D eigenvalue weighted by molar-refractivity contribution is 7.84. The molecule has 0 bridgehead atoms. The van der Waals surface area contributed by atoms with Crippen molar-refractivity contribution in [3.8, 4) is 0 Å². The molecule has 0 fully saturated rings. The van der Waals surface area contributed by atoms with Crippen LogP contribution in [-0.2, 0) is 10.8 Å². The van der Waals surface area contributed by atoms with Gasteiger partial charge in [-0.15, -0.1) is 0 Å². The van der Waals surface area contributed by atoms with Gasteiger partial charge in [-0.25, -0.2) is 0 Å². The third-order valence-corrected chi connectivity index (χ3v) is 3.72. The average molecular weight is 254 g/mol. The summed E-state index contributed by atoms with van der Waals surface area (Å²) in [6.07, 6.45) is 0. The molecule has 0 saturated carbocycles. The lowest BCUT2D eigenvalue weighted by Crippen LogP contribution is -2.12. The number of nitrogen functional groups attached to an aromatic ring is 1. The van der Waals surface area contributed by atoms with Crippen LogP contribution in [0.3, 0.4) is 0 Å². The maximum absolute atomic E-state index is 11.3. The van der Waals surface area contributed by atoms with Crippen LogP contribution >= 0.6 is 0 Å². The lowest BCUT2D eigenvalue weighted by molar-refractivity contribution is 0.101. The van der Waals surface area contributed by atoms with E-state index in [0.717, 1.165) is 5.69 Å². The zero-order valence-corrected chi connectivity index (χ0v) is 11.0. The van der Waals surface area contributed by atoms with Crippen LogP contribution in [0.4, 0.5) is 11.4 Å². The average Bonchev–Trinajstić information content (AvgIpc) is 2.30. The largest absolute Gasteiger partial charge is 0.398 e. The summed E-state index contributed by atoms with van der Waals surface area (Å²) < 4.78 is 11.2. The minimum absolute atomic E-state index is 0.0525. The highest BCUT2D eigenvalue weighted by atomic mass is 32.2. The van der Waals surface area contributed by atoms with Gasteiger partial charge in [0.1, 0.15) is 0 Å². The van der Waals surface area contributed by atoms with Gasteiger partial charge in [-0.3, -0.25) is 9.00 Å². The number of rotatable bonds is 6. The Morgan fingerprint density at radius 1 is 1.47 bits per heavy atom. The second kappa shape index (κ2) is 6.39. The monoisotopic (exact) mass is 254 g/mol. The minimum Gasteiger partial charge on any atom is -0.398 e. The van der Waals surface area contributed by atoms with Crippen LogP contribution in [0.1, 0.15) is 24.2 Å². The fourth-order valence-electron chi connectivity index (χ4n) is 1.42. The van der Waals surface area contributed by atoms with Gasteiger partial charge in [-0.2, -0.15) is 0 Å². The Morgan fingerprint density at radius 2 is 2.18 bits per heavy atom. The number of ketones is 1. The Morgan fingerprint density at radius 3 is 2.76 bits per heavy atom. The fraction of sp³-hybridized carbons (Fsp3) is 0.417. The summed E-state index contributed by atoms with van der Waals surface area (Å²) in [5.41, 5.74) is 7.53. The summed E-state index contributed by atoms with van der Waals surface area (Å²) in [6.45, 7) is 4.01. The van der Waals surface area contributed by atoms with Gasteiger partial charge in [-0.1, -0.05) is 6.92 Å². The highest BCUT2D eigenvalue weighted by Gasteiger charge is 2.05. The van der Waals surface area contributed by atoms with Crippen LogP contribution in [0.2, 0.25) is 0 Å². The van der Waals surface area contributed by atoms with Gasteiger partial charge >= 0.3 is 0 Å².